The number of hydrogen-bond acceptors (Lipinski definition) is 5. The third-order valence-electron chi connectivity index (χ3n) is 7.15. The lowest BCUT2D eigenvalue weighted by Gasteiger charge is -2.51. The van der Waals surface area contributed by atoms with Gasteiger partial charge < -0.3 is 9.64 Å². The fraction of sp³-hybridized carbons (Fsp3) is 0.565. The lowest BCUT2D eigenvalue weighted by atomic mass is 9.75. The summed E-state index contributed by atoms with van der Waals surface area (Å²) in [7, 11) is 1.73. The number of nitrogens with zero attached hydrogens (tertiary/aromatic N) is 4. The molecule has 0 saturated carbocycles. The van der Waals surface area contributed by atoms with Crippen molar-refractivity contribution in [3.63, 3.8) is 0 Å². The van der Waals surface area contributed by atoms with Gasteiger partial charge in [-0.15, -0.1) is 0 Å². The maximum absolute atomic E-state index is 5.38. The smallest absolute Gasteiger partial charge is 0.135 e. The van der Waals surface area contributed by atoms with E-state index in [1.54, 1.807) is 7.11 Å². The summed E-state index contributed by atoms with van der Waals surface area (Å²) >= 11 is 0. The summed E-state index contributed by atoms with van der Waals surface area (Å²) in [6.07, 6.45) is 5.65. The van der Waals surface area contributed by atoms with Gasteiger partial charge in [0.15, 0.2) is 0 Å². The number of anilines is 1. The van der Waals surface area contributed by atoms with Crippen LogP contribution in [-0.2, 0) is 6.42 Å². The second-order valence-corrected chi connectivity index (χ2v) is 8.51. The van der Waals surface area contributed by atoms with Gasteiger partial charge >= 0.3 is 0 Å². The molecule has 0 N–H and O–H groups in total. The lowest BCUT2D eigenvalue weighted by Crippen LogP contribution is -2.60. The van der Waals surface area contributed by atoms with Crippen LogP contribution in [0, 0.1) is 12.8 Å². The van der Waals surface area contributed by atoms with Crippen molar-refractivity contribution in [2.45, 2.75) is 51.1 Å². The molecule has 2 aromatic rings. The van der Waals surface area contributed by atoms with Crippen molar-refractivity contribution in [1.29, 1.82) is 0 Å². The Morgan fingerprint density at radius 3 is 2.54 bits per heavy atom. The third-order valence-corrected chi connectivity index (χ3v) is 7.15. The van der Waals surface area contributed by atoms with Gasteiger partial charge in [-0.05, 0) is 62.9 Å². The highest BCUT2D eigenvalue weighted by Gasteiger charge is 2.54. The van der Waals surface area contributed by atoms with Crippen LogP contribution in [0.5, 0.6) is 5.75 Å². The topological polar surface area (TPSA) is 41.5 Å². The summed E-state index contributed by atoms with van der Waals surface area (Å²) in [6, 6.07) is 9.89. The summed E-state index contributed by atoms with van der Waals surface area (Å²) in [5.41, 5.74) is 2.70. The Morgan fingerprint density at radius 1 is 1.11 bits per heavy atom. The van der Waals surface area contributed by atoms with Crippen molar-refractivity contribution in [1.82, 2.24) is 14.9 Å². The molecule has 6 rings (SSSR count). The molecule has 5 heteroatoms. The van der Waals surface area contributed by atoms with Gasteiger partial charge in [-0.2, -0.15) is 0 Å². The van der Waals surface area contributed by atoms with Crippen molar-refractivity contribution < 1.29 is 4.74 Å². The molecule has 2 bridgehead atoms. The highest BCUT2D eigenvalue weighted by atomic mass is 16.5. The van der Waals surface area contributed by atoms with E-state index < -0.39 is 0 Å². The first kappa shape index (κ1) is 17.9. The maximum atomic E-state index is 5.38. The van der Waals surface area contributed by atoms with Gasteiger partial charge in [0.05, 0.1) is 7.11 Å². The SMILES string of the molecule is CCc1cnc(C)nc1N1C[C@H](c2ccc(OC)cc2)[C@H]2[C@@H]1C1CCN2CC1. The fourth-order valence-corrected chi connectivity index (χ4v) is 5.79. The summed E-state index contributed by atoms with van der Waals surface area (Å²) < 4.78 is 5.38. The number of benzene rings is 1. The number of hydrogen-bond donors (Lipinski definition) is 0. The molecule has 0 amide bonds. The molecular formula is C23H30N4O. The van der Waals surface area contributed by atoms with E-state index in [4.69, 9.17) is 9.72 Å². The zero-order chi connectivity index (χ0) is 19.3. The van der Waals surface area contributed by atoms with E-state index in [1.165, 1.54) is 42.9 Å². The van der Waals surface area contributed by atoms with Crippen LogP contribution < -0.4 is 9.64 Å². The van der Waals surface area contributed by atoms with E-state index in [0.717, 1.165) is 30.5 Å². The van der Waals surface area contributed by atoms with Crippen molar-refractivity contribution >= 4 is 5.82 Å². The number of fused-ring (bicyclic) bond motifs is 2. The minimum atomic E-state index is 0.513. The summed E-state index contributed by atoms with van der Waals surface area (Å²) in [4.78, 5) is 14.8. The Morgan fingerprint density at radius 2 is 1.86 bits per heavy atom. The average molecular weight is 379 g/mol. The Hall–Kier alpha value is -2.14. The Bertz CT molecular complexity index is 844. The molecule has 148 valence electrons. The van der Waals surface area contributed by atoms with Crippen LogP contribution in [0.2, 0.25) is 0 Å². The monoisotopic (exact) mass is 378 g/mol. The Balaban J connectivity index is 1.56. The third kappa shape index (κ3) is 2.79. The predicted octanol–water partition coefficient (Wildman–Crippen LogP) is 3.42. The van der Waals surface area contributed by atoms with E-state index in [9.17, 15) is 0 Å². The van der Waals surface area contributed by atoms with Crippen molar-refractivity contribution in [3.8, 4) is 5.75 Å². The Kier molecular flexibility index (Phi) is 4.50. The normalized spacial score (nSPS) is 31.1. The van der Waals surface area contributed by atoms with Crippen molar-refractivity contribution in [3.05, 3.63) is 47.4 Å². The van der Waals surface area contributed by atoms with E-state index in [1.807, 2.05) is 13.1 Å². The first-order chi connectivity index (χ1) is 13.7. The quantitative estimate of drug-likeness (QED) is 0.815. The van der Waals surface area contributed by atoms with Gasteiger partial charge in [0.1, 0.15) is 17.4 Å². The molecule has 4 saturated heterocycles. The molecule has 0 spiro atoms. The highest BCUT2D eigenvalue weighted by molar-refractivity contribution is 5.52. The molecule has 4 aliphatic rings. The van der Waals surface area contributed by atoms with E-state index in [2.05, 4.69) is 46.0 Å². The molecule has 5 nitrogen and oxygen atoms in total. The van der Waals surface area contributed by atoms with Gasteiger partial charge in [0, 0.05) is 36.3 Å². The molecule has 0 radical (unpaired) electrons. The van der Waals surface area contributed by atoms with E-state index in [0.29, 0.717) is 18.0 Å². The van der Waals surface area contributed by atoms with Crippen molar-refractivity contribution in [2.24, 2.45) is 5.92 Å². The molecule has 3 atom stereocenters. The Labute approximate surface area is 167 Å². The molecule has 1 aromatic heterocycles. The number of ether oxygens (including phenoxy) is 1. The zero-order valence-electron chi connectivity index (χ0n) is 17.1. The maximum Gasteiger partial charge on any atom is 0.135 e. The zero-order valence-corrected chi connectivity index (χ0v) is 17.1. The number of aryl methyl sites for hydroxylation is 2. The second-order valence-electron chi connectivity index (χ2n) is 8.51. The summed E-state index contributed by atoms with van der Waals surface area (Å²) in [5.74, 6) is 4.27. The number of aromatic nitrogens is 2. The molecule has 4 fully saturated rings. The van der Waals surface area contributed by atoms with Crippen molar-refractivity contribution in [2.75, 3.05) is 31.6 Å². The van der Waals surface area contributed by atoms with Crippen LogP contribution in [0.4, 0.5) is 5.82 Å². The molecular weight excluding hydrogens is 348 g/mol. The molecule has 0 aliphatic carbocycles. The molecule has 0 unspecified atom stereocenters. The van der Waals surface area contributed by atoms with Gasteiger partial charge in [-0.3, -0.25) is 4.90 Å². The highest BCUT2D eigenvalue weighted by Crippen LogP contribution is 2.48. The minimum absolute atomic E-state index is 0.513. The fourth-order valence-electron chi connectivity index (χ4n) is 5.79. The summed E-state index contributed by atoms with van der Waals surface area (Å²) in [6.45, 7) is 7.75. The van der Waals surface area contributed by atoms with Crippen LogP contribution in [0.15, 0.2) is 30.5 Å². The van der Waals surface area contributed by atoms with Crippen LogP contribution in [-0.4, -0.2) is 53.7 Å². The summed E-state index contributed by atoms with van der Waals surface area (Å²) in [5, 5.41) is 0. The molecule has 1 aromatic carbocycles. The van der Waals surface area contributed by atoms with Gasteiger partial charge in [-0.1, -0.05) is 19.1 Å². The largest absolute Gasteiger partial charge is 0.497 e. The van der Waals surface area contributed by atoms with E-state index in [-0.39, 0.29) is 0 Å². The van der Waals surface area contributed by atoms with Crippen LogP contribution >= 0.6 is 0 Å². The first-order valence-corrected chi connectivity index (χ1v) is 10.7. The van der Waals surface area contributed by atoms with Gasteiger partial charge in [0.25, 0.3) is 0 Å². The van der Waals surface area contributed by atoms with Crippen LogP contribution in [0.25, 0.3) is 0 Å². The lowest BCUT2D eigenvalue weighted by molar-refractivity contribution is 0.0354. The minimum Gasteiger partial charge on any atom is -0.497 e. The average Bonchev–Trinajstić information content (AvgIpc) is 3.17. The molecule has 4 aliphatic heterocycles. The van der Waals surface area contributed by atoms with Gasteiger partial charge in [0.2, 0.25) is 0 Å². The predicted molar refractivity (Wildman–Crippen MR) is 111 cm³/mol. The molecule has 28 heavy (non-hydrogen) atoms. The van der Waals surface area contributed by atoms with Gasteiger partial charge in [-0.25, -0.2) is 9.97 Å². The number of rotatable bonds is 4. The van der Waals surface area contributed by atoms with E-state index >= 15 is 0 Å². The standard InChI is InChI=1S/C23H30N4O/c1-4-16-13-24-15(2)25-23(16)27-14-20(17-5-7-19(28-3)8-6-17)22-21(27)18-9-11-26(22)12-10-18/h5-8,13,18,20-22H,4,9-12,14H2,1-3H3/t20-,21+,22+/m1/s1. The number of methoxy groups -OCH3 is 1. The van der Waals surface area contributed by atoms with Crippen LogP contribution in [0.3, 0.4) is 0 Å². The van der Waals surface area contributed by atoms with Crippen LogP contribution in [0.1, 0.15) is 42.6 Å². The first-order valence-electron chi connectivity index (χ1n) is 10.7. The molecule has 5 heterocycles. The number of piperidine rings is 3. The second kappa shape index (κ2) is 7.03.